The lowest BCUT2D eigenvalue weighted by Crippen LogP contribution is -2.37. The van der Waals surface area contributed by atoms with E-state index in [4.69, 9.17) is 0 Å². The van der Waals surface area contributed by atoms with Gasteiger partial charge in [0.2, 0.25) is 15.9 Å². The second kappa shape index (κ2) is 8.77. The molecule has 1 N–H and O–H groups in total. The summed E-state index contributed by atoms with van der Waals surface area (Å²) in [6.07, 6.45) is 2.32. The average Bonchev–Trinajstić information content (AvgIpc) is 3.36. The minimum absolute atomic E-state index is 0.0776. The lowest BCUT2D eigenvalue weighted by atomic mass is 9.97. The molecule has 4 rings (SSSR count). The SMILES string of the molecule is CS(=O)(=O)N1CCC(c2nn(CC(=O)Nc3ccccc3)c(=O)n2-c2cccs2)CC1. The maximum absolute atomic E-state index is 13.1. The van der Waals surface area contributed by atoms with Crippen molar-refractivity contribution in [2.45, 2.75) is 25.3 Å². The first-order chi connectivity index (χ1) is 14.8. The molecule has 3 aromatic rings. The fourth-order valence-electron chi connectivity index (χ4n) is 3.70. The molecule has 2 aromatic heterocycles. The minimum Gasteiger partial charge on any atom is -0.324 e. The van der Waals surface area contributed by atoms with Crippen LogP contribution in [0.25, 0.3) is 5.00 Å². The van der Waals surface area contributed by atoms with Crippen LogP contribution >= 0.6 is 11.3 Å². The van der Waals surface area contributed by atoms with Gasteiger partial charge in [-0.2, -0.15) is 5.10 Å². The Labute approximate surface area is 184 Å². The van der Waals surface area contributed by atoms with Crippen LogP contribution in [-0.2, 0) is 21.4 Å². The zero-order chi connectivity index (χ0) is 22.0. The molecule has 1 amide bonds. The number of thiophene rings is 1. The van der Waals surface area contributed by atoms with E-state index in [2.05, 4.69) is 10.4 Å². The molecule has 0 spiro atoms. The van der Waals surface area contributed by atoms with Gasteiger partial charge in [-0.05, 0) is 42.5 Å². The molecular weight excluding hydrogens is 438 g/mol. The van der Waals surface area contributed by atoms with Gasteiger partial charge in [0.05, 0.1) is 6.26 Å². The molecular formula is C20H23N5O4S2. The predicted octanol–water partition coefficient (Wildman–Crippen LogP) is 1.87. The maximum atomic E-state index is 13.1. The number of piperidine rings is 1. The van der Waals surface area contributed by atoms with Crippen LogP contribution in [0, 0.1) is 0 Å². The van der Waals surface area contributed by atoms with Crippen molar-refractivity contribution in [3.05, 3.63) is 64.2 Å². The predicted molar refractivity (Wildman–Crippen MR) is 119 cm³/mol. The van der Waals surface area contributed by atoms with E-state index in [1.807, 2.05) is 35.7 Å². The number of anilines is 1. The summed E-state index contributed by atoms with van der Waals surface area (Å²) in [5, 5.41) is 9.86. The van der Waals surface area contributed by atoms with E-state index in [0.717, 1.165) is 5.00 Å². The first kappa shape index (κ1) is 21.5. The molecule has 1 fully saturated rings. The molecule has 1 aromatic carbocycles. The van der Waals surface area contributed by atoms with E-state index >= 15 is 0 Å². The Morgan fingerprint density at radius 2 is 1.87 bits per heavy atom. The molecule has 0 saturated carbocycles. The molecule has 1 aliphatic rings. The number of carbonyl (C=O) groups excluding carboxylic acids is 1. The molecule has 3 heterocycles. The lowest BCUT2D eigenvalue weighted by Gasteiger charge is -2.29. The van der Waals surface area contributed by atoms with E-state index in [1.54, 1.807) is 16.7 Å². The van der Waals surface area contributed by atoms with Crippen molar-refractivity contribution < 1.29 is 13.2 Å². The van der Waals surface area contributed by atoms with Crippen molar-refractivity contribution in [3.63, 3.8) is 0 Å². The lowest BCUT2D eigenvalue weighted by molar-refractivity contribution is -0.117. The Kier molecular flexibility index (Phi) is 6.08. The number of sulfonamides is 1. The zero-order valence-corrected chi connectivity index (χ0v) is 18.6. The average molecular weight is 462 g/mol. The van der Waals surface area contributed by atoms with Crippen LogP contribution in [0.2, 0.25) is 0 Å². The quantitative estimate of drug-likeness (QED) is 0.603. The first-order valence-electron chi connectivity index (χ1n) is 9.86. The van der Waals surface area contributed by atoms with Crippen molar-refractivity contribution in [2.75, 3.05) is 24.7 Å². The van der Waals surface area contributed by atoms with E-state index in [0.29, 0.717) is 37.4 Å². The molecule has 1 saturated heterocycles. The van der Waals surface area contributed by atoms with Gasteiger partial charge in [0.1, 0.15) is 17.4 Å². The number of carbonyl (C=O) groups is 1. The largest absolute Gasteiger partial charge is 0.351 e. The first-order valence-corrected chi connectivity index (χ1v) is 12.6. The fraction of sp³-hybridized carbons (Fsp3) is 0.350. The monoisotopic (exact) mass is 461 g/mol. The summed E-state index contributed by atoms with van der Waals surface area (Å²) >= 11 is 1.41. The molecule has 31 heavy (non-hydrogen) atoms. The van der Waals surface area contributed by atoms with Crippen molar-refractivity contribution >= 4 is 33.0 Å². The minimum atomic E-state index is -3.25. The number of nitrogens with zero attached hydrogens (tertiary/aromatic N) is 4. The van der Waals surface area contributed by atoms with Crippen LogP contribution in [-0.4, -0.2) is 52.3 Å². The highest BCUT2D eigenvalue weighted by atomic mass is 32.2. The van der Waals surface area contributed by atoms with Crippen molar-refractivity contribution in [1.29, 1.82) is 0 Å². The summed E-state index contributed by atoms with van der Waals surface area (Å²) in [4.78, 5) is 25.6. The Bertz CT molecular complexity index is 1210. The summed E-state index contributed by atoms with van der Waals surface area (Å²) in [5.74, 6) is 0.141. The Balaban J connectivity index is 1.60. The third-order valence-electron chi connectivity index (χ3n) is 5.23. The molecule has 0 bridgehead atoms. The van der Waals surface area contributed by atoms with Gasteiger partial charge in [0.25, 0.3) is 0 Å². The van der Waals surface area contributed by atoms with Crippen molar-refractivity contribution in [1.82, 2.24) is 18.7 Å². The van der Waals surface area contributed by atoms with Crippen LogP contribution < -0.4 is 11.0 Å². The molecule has 0 radical (unpaired) electrons. The number of nitrogens with one attached hydrogen (secondary N) is 1. The van der Waals surface area contributed by atoms with Crippen LogP contribution in [0.3, 0.4) is 0 Å². The van der Waals surface area contributed by atoms with E-state index < -0.39 is 10.0 Å². The Morgan fingerprint density at radius 3 is 2.48 bits per heavy atom. The zero-order valence-electron chi connectivity index (χ0n) is 17.0. The van der Waals surface area contributed by atoms with Gasteiger partial charge in [0, 0.05) is 24.7 Å². The fourth-order valence-corrected chi connectivity index (χ4v) is 5.30. The Hall–Kier alpha value is -2.76. The van der Waals surface area contributed by atoms with E-state index in [1.165, 1.54) is 26.6 Å². The summed E-state index contributed by atoms with van der Waals surface area (Å²) < 4.78 is 27.8. The second-order valence-corrected chi connectivity index (χ2v) is 10.3. The van der Waals surface area contributed by atoms with E-state index in [-0.39, 0.29) is 24.1 Å². The number of aromatic nitrogens is 3. The molecule has 11 heteroatoms. The number of benzene rings is 1. The molecule has 0 unspecified atom stereocenters. The summed E-state index contributed by atoms with van der Waals surface area (Å²) in [7, 11) is -3.25. The number of rotatable bonds is 6. The van der Waals surface area contributed by atoms with Gasteiger partial charge < -0.3 is 5.32 Å². The highest BCUT2D eigenvalue weighted by molar-refractivity contribution is 7.88. The van der Waals surface area contributed by atoms with Gasteiger partial charge in [-0.15, -0.1) is 11.3 Å². The van der Waals surface area contributed by atoms with Crippen LogP contribution in [0.4, 0.5) is 5.69 Å². The Morgan fingerprint density at radius 1 is 1.16 bits per heavy atom. The number of hydrogen-bond acceptors (Lipinski definition) is 6. The number of para-hydroxylation sites is 1. The number of amides is 1. The van der Waals surface area contributed by atoms with E-state index in [9.17, 15) is 18.0 Å². The molecule has 0 aliphatic carbocycles. The maximum Gasteiger partial charge on any atom is 0.351 e. The van der Waals surface area contributed by atoms with Gasteiger partial charge in [-0.3, -0.25) is 4.79 Å². The standard InChI is InChI=1S/C20H23N5O4S2/c1-31(28,29)23-11-9-15(10-12-23)19-22-24(20(27)25(19)18-8-5-13-30-18)14-17(26)21-16-6-3-2-4-7-16/h2-8,13,15H,9-12,14H2,1H3,(H,21,26). The topological polar surface area (TPSA) is 106 Å². The summed E-state index contributed by atoms with van der Waals surface area (Å²) in [6.45, 7) is 0.550. The van der Waals surface area contributed by atoms with Gasteiger partial charge in [0.15, 0.2) is 0 Å². The van der Waals surface area contributed by atoms with Crippen molar-refractivity contribution in [2.24, 2.45) is 0 Å². The summed E-state index contributed by atoms with van der Waals surface area (Å²) in [5.41, 5.74) is 0.262. The van der Waals surface area contributed by atoms with Gasteiger partial charge in [-0.1, -0.05) is 18.2 Å². The van der Waals surface area contributed by atoms with Crippen LogP contribution in [0.5, 0.6) is 0 Å². The smallest absolute Gasteiger partial charge is 0.324 e. The second-order valence-electron chi connectivity index (χ2n) is 7.44. The van der Waals surface area contributed by atoms with Crippen molar-refractivity contribution in [3.8, 4) is 5.00 Å². The van der Waals surface area contributed by atoms with Gasteiger partial charge in [-0.25, -0.2) is 26.8 Å². The summed E-state index contributed by atoms with van der Waals surface area (Å²) in [6, 6.07) is 12.7. The third-order valence-corrected chi connectivity index (χ3v) is 7.39. The third kappa shape index (κ3) is 4.78. The molecule has 164 valence electrons. The normalized spacial score (nSPS) is 15.8. The molecule has 0 atom stereocenters. The highest BCUT2D eigenvalue weighted by Crippen LogP contribution is 2.29. The van der Waals surface area contributed by atoms with Crippen LogP contribution in [0.15, 0.2) is 52.6 Å². The molecule has 1 aliphatic heterocycles. The number of hydrogen-bond donors (Lipinski definition) is 1. The molecule has 9 nitrogen and oxygen atoms in total. The highest BCUT2D eigenvalue weighted by Gasteiger charge is 2.30. The van der Waals surface area contributed by atoms with Gasteiger partial charge >= 0.3 is 5.69 Å². The van der Waals surface area contributed by atoms with Crippen LogP contribution in [0.1, 0.15) is 24.6 Å².